The minimum absolute atomic E-state index is 0.208. The van der Waals surface area contributed by atoms with Gasteiger partial charge < -0.3 is 14.8 Å². The summed E-state index contributed by atoms with van der Waals surface area (Å²) in [6.07, 6.45) is -0.208. The normalized spacial score (nSPS) is 17.9. The highest BCUT2D eigenvalue weighted by molar-refractivity contribution is 6.30. The van der Waals surface area contributed by atoms with Crippen molar-refractivity contribution in [1.82, 2.24) is 5.32 Å². The van der Waals surface area contributed by atoms with Crippen molar-refractivity contribution in [2.45, 2.75) is 32.9 Å². The van der Waals surface area contributed by atoms with Gasteiger partial charge in [-0.05, 0) is 38.5 Å². The minimum atomic E-state index is -0.513. The zero-order valence-electron chi connectivity index (χ0n) is 13.0. The molecule has 0 amide bonds. The van der Waals surface area contributed by atoms with E-state index in [1.165, 1.54) is 7.11 Å². The number of halogens is 1. The molecule has 1 aliphatic heterocycles. The molecule has 0 saturated heterocycles. The highest BCUT2D eigenvalue weighted by Gasteiger charge is 2.31. The quantitative estimate of drug-likeness (QED) is 0.868. The fraction of sp³-hybridized carbons (Fsp3) is 0.375. The predicted octanol–water partition coefficient (Wildman–Crippen LogP) is 3.21. The molecule has 1 aromatic rings. The smallest absolute Gasteiger partial charge is 0.338 e. The Morgan fingerprint density at radius 1 is 1.41 bits per heavy atom. The first-order valence-corrected chi connectivity index (χ1v) is 7.36. The first kappa shape index (κ1) is 16.4. The number of amidine groups is 1. The number of hydrogen-bond donors (Lipinski definition) is 1. The topological polar surface area (TPSA) is 59.9 Å². The standard InChI is InChI=1S/C16H19ClN2O3/c1-9(2)22-15(20)13-10(3)18-16(21-4)19-14(13)11-6-5-7-12(17)8-11/h5-9,14H,1-4H3,(H,18,19). The molecule has 1 aromatic carbocycles. The number of aliphatic imine (C=N–C) groups is 1. The maximum Gasteiger partial charge on any atom is 0.338 e. The number of nitrogens with one attached hydrogen (secondary N) is 1. The number of carbonyl (C=O) groups is 1. The van der Waals surface area contributed by atoms with E-state index in [9.17, 15) is 4.79 Å². The summed E-state index contributed by atoms with van der Waals surface area (Å²) in [6.45, 7) is 5.41. The Hall–Kier alpha value is -2.01. The lowest BCUT2D eigenvalue weighted by Gasteiger charge is -2.25. The Labute approximate surface area is 135 Å². The SMILES string of the molecule is COC1=NC(c2cccc(Cl)c2)C(C(=O)OC(C)C)=C(C)N1. The van der Waals surface area contributed by atoms with E-state index in [1.54, 1.807) is 19.1 Å². The van der Waals surface area contributed by atoms with Crippen LogP contribution in [0.5, 0.6) is 0 Å². The van der Waals surface area contributed by atoms with Crippen LogP contribution in [0.3, 0.4) is 0 Å². The van der Waals surface area contributed by atoms with Gasteiger partial charge in [-0.2, -0.15) is 0 Å². The molecule has 0 aliphatic carbocycles. The molecule has 0 radical (unpaired) electrons. The number of allylic oxidation sites excluding steroid dienone is 1. The Morgan fingerprint density at radius 3 is 2.73 bits per heavy atom. The first-order valence-electron chi connectivity index (χ1n) is 6.98. The Morgan fingerprint density at radius 2 is 2.14 bits per heavy atom. The van der Waals surface area contributed by atoms with Crippen molar-refractivity contribution in [3.05, 3.63) is 46.1 Å². The van der Waals surface area contributed by atoms with Gasteiger partial charge in [-0.3, -0.25) is 0 Å². The zero-order chi connectivity index (χ0) is 16.3. The fourth-order valence-electron chi connectivity index (χ4n) is 2.21. The highest BCUT2D eigenvalue weighted by Crippen LogP contribution is 2.32. The summed E-state index contributed by atoms with van der Waals surface area (Å²) in [5.41, 5.74) is 1.91. The van der Waals surface area contributed by atoms with Crippen molar-refractivity contribution in [2.75, 3.05) is 7.11 Å². The average Bonchev–Trinajstić information content (AvgIpc) is 2.45. The predicted molar refractivity (Wildman–Crippen MR) is 85.7 cm³/mol. The summed E-state index contributed by atoms with van der Waals surface area (Å²) in [5, 5.41) is 3.54. The van der Waals surface area contributed by atoms with Gasteiger partial charge in [0.2, 0.25) is 0 Å². The molecule has 0 saturated carbocycles. The Balaban J connectivity index is 2.45. The molecule has 1 aliphatic rings. The molecular formula is C16H19ClN2O3. The number of ether oxygens (including phenoxy) is 2. The van der Waals surface area contributed by atoms with Crippen LogP contribution in [0.1, 0.15) is 32.4 Å². The number of hydrogen-bond acceptors (Lipinski definition) is 5. The molecule has 1 N–H and O–H groups in total. The average molecular weight is 323 g/mol. The summed E-state index contributed by atoms with van der Waals surface area (Å²) >= 11 is 6.05. The van der Waals surface area contributed by atoms with Crippen LogP contribution in [0.4, 0.5) is 0 Å². The lowest BCUT2D eigenvalue weighted by atomic mass is 9.96. The second-order valence-corrected chi connectivity index (χ2v) is 5.65. The second-order valence-electron chi connectivity index (χ2n) is 5.21. The number of esters is 1. The van der Waals surface area contributed by atoms with Gasteiger partial charge in [0.15, 0.2) is 0 Å². The third kappa shape index (κ3) is 3.60. The van der Waals surface area contributed by atoms with Crippen molar-refractivity contribution in [3.8, 4) is 0 Å². The second kappa shape index (κ2) is 6.83. The molecule has 1 heterocycles. The van der Waals surface area contributed by atoms with E-state index in [4.69, 9.17) is 21.1 Å². The van der Waals surface area contributed by atoms with Gasteiger partial charge in [0.05, 0.1) is 18.8 Å². The fourth-order valence-corrected chi connectivity index (χ4v) is 2.41. The van der Waals surface area contributed by atoms with Crippen LogP contribution in [0.15, 0.2) is 40.5 Å². The van der Waals surface area contributed by atoms with Gasteiger partial charge in [0.1, 0.15) is 6.04 Å². The number of benzene rings is 1. The van der Waals surface area contributed by atoms with Gasteiger partial charge in [-0.25, -0.2) is 9.79 Å². The summed E-state index contributed by atoms with van der Waals surface area (Å²) in [6, 6.07) is 7.08. The first-order chi connectivity index (χ1) is 10.4. The lowest BCUT2D eigenvalue weighted by Crippen LogP contribution is -2.33. The van der Waals surface area contributed by atoms with Crippen molar-refractivity contribution in [3.63, 3.8) is 0 Å². The van der Waals surface area contributed by atoms with Crippen molar-refractivity contribution in [2.24, 2.45) is 4.99 Å². The maximum atomic E-state index is 12.4. The Kier molecular flexibility index (Phi) is 5.08. The largest absolute Gasteiger partial charge is 0.468 e. The third-order valence-corrected chi connectivity index (χ3v) is 3.37. The van der Waals surface area contributed by atoms with Crippen LogP contribution in [-0.2, 0) is 14.3 Å². The van der Waals surface area contributed by atoms with Gasteiger partial charge >= 0.3 is 5.97 Å². The molecule has 6 heteroatoms. The van der Waals surface area contributed by atoms with Crippen LogP contribution < -0.4 is 5.32 Å². The van der Waals surface area contributed by atoms with Gasteiger partial charge in [-0.1, -0.05) is 23.7 Å². The lowest BCUT2D eigenvalue weighted by molar-refractivity contribution is -0.143. The molecule has 0 aromatic heterocycles. The molecule has 22 heavy (non-hydrogen) atoms. The summed E-state index contributed by atoms with van der Waals surface area (Å²) in [7, 11) is 1.52. The summed E-state index contributed by atoms with van der Waals surface area (Å²) in [4.78, 5) is 16.9. The Bertz CT molecular complexity index is 638. The molecule has 118 valence electrons. The van der Waals surface area contributed by atoms with Crippen LogP contribution in [0.2, 0.25) is 5.02 Å². The molecule has 2 rings (SSSR count). The molecule has 0 spiro atoms. The van der Waals surface area contributed by atoms with Crippen LogP contribution in [-0.4, -0.2) is 25.2 Å². The molecular weight excluding hydrogens is 304 g/mol. The van der Waals surface area contributed by atoms with Crippen LogP contribution in [0, 0.1) is 0 Å². The third-order valence-electron chi connectivity index (χ3n) is 3.14. The monoisotopic (exact) mass is 322 g/mol. The van der Waals surface area contributed by atoms with E-state index >= 15 is 0 Å². The zero-order valence-corrected chi connectivity index (χ0v) is 13.8. The number of nitrogens with zero attached hydrogens (tertiary/aromatic N) is 1. The van der Waals surface area contributed by atoms with Crippen molar-refractivity contribution in [1.29, 1.82) is 0 Å². The van der Waals surface area contributed by atoms with E-state index in [2.05, 4.69) is 10.3 Å². The minimum Gasteiger partial charge on any atom is -0.468 e. The van der Waals surface area contributed by atoms with Crippen molar-refractivity contribution < 1.29 is 14.3 Å². The summed E-state index contributed by atoms with van der Waals surface area (Å²) < 4.78 is 10.5. The van der Waals surface area contributed by atoms with E-state index in [0.29, 0.717) is 22.3 Å². The van der Waals surface area contributed by atoms with E-state index in [-0.39, 0.29) is 6.10 Å². The maximum absolute atomic E-state index is 12.4. The molecule has 0 bridgehead atoms. The molecule has 1 unspecified atom stereocenters. The molecule has 5 nitrogen and oxygen atoms in total. The van der Waals surface area contributed by atoms with Gasteiger partial charge in [0.25, 0.3) is 6.02 Å². The van der Waals surface area contributed by atoms with Gasteiger partial charge in [-0.15, -0.1) is 0 Å². The molecule has 0 fully saturated rings. The summed E-state index contributed by atoms with van der Waals surface area (Å²) in [5.74, 6) is -0.399. The van der Waals surface area contributed by atoms with E-state index in [1.807, 2.05) is 26.0 Å². The van der Waals surface area contributed by atoms with E-state index < -0.39 is 12.0 Å². The van der Waals surface area contributed by atoms with Crippen LogP contribution >= 0.6 is 11.6 Å². The van der Waals surface area contributed by atoms with Crippen LogP contribution in [0.25, 0.3) is 0 Å². The van der Waals surface area contributed by atoms with Gasteiger partial charge in [0, 0.05) is 10.7 Å². The molecule has 1 atom stereocenters. The van der Waals surface area contributed by atoms with E-state index in [0.717, 1.165) is 5.56 Å². The number of rotatable bonds is 3. The van der Waals surface area contributed by atoms with Crippen molar-refractivity contribution >= 4 is 23.6 Å². The number of carbonyl (C=O) groups excluding carboxylic acids is 1. The highest BCUT2D eigenvalue weighted by atomic mass is 35.5. The number of methoxy groups -OCH3 is 1.